The summed E-state index contributed by atoms with van der Waals surface area (Å²) in [6.45, 7) is 1.43. The van der Waals surface area contributed by atoms with Crippen LogP contribution >= 0.6 is 11.8 Å². The fraction of sp³-hybridized carbons (Fsp3) is 0.500. The Balaban J connectivity index is 2.09. The highest BCUT2D eigenvalue weighted by Gasteiger charge is 2.13. The molecule has 2 rings (SSSR count). The van der Waals surface area contributed by atoms with Crippen molar-refractivity contribution in [2.75, 3.05) is 18.9 Å². The molecule has 0 unspecified atom stereocenters. The molecule has 0 aliphatic carbocycles. The predicted octanol–water partition coefficient (Wildman–Crippen LogP) is 2.45. The highest BCUT2D eigenvalue weighted by molar-refractivity contribution is 7.99. The van der Waals surface area contributed by atoms with Gasteiger partial charge in [0.15, 0.2) is 0 Å². The first-order valence-corrected chi connectivity index (χ1v) is 6.48. The van der Waals surface area contributed by atoms with E-state index in [1.165, 1.54) is 22.6 Å². The zero-order chi connectivity index (χ0) is 10.5. The minimum Gasteiger partial charge on any atom is -0.493 e. The third-order valence-corrected chi connectivity index (χ3v) is 3.71. The molecule has 0 spiro atoms. The summed E-state index contributed by atoms with van der Waals surface area (Å²) in [5.74, 6) is 2.30. The largest absolute Gasteiger partial charge is 0.493 e. The number of fused-ring (bicyclic) bond motifs is 1. The lowest BCUT2D eigenvalue weighted by molar-refractivity contribution is 0.309. The van der Waals surface area contributed by atoms with Gasteiger partial charge in [-0.05, 0) is 43.7 Å². The number of rotatable bonds is 4. The van der Waals surface area contributed by atoms with Gasteiger partial charge in [0.05, 0.1) is 6.61 Å². The quantitative estimate of drug-likeness (QED) is 0.796. The summed E-state index contributed by atoms with van der Waals surface area (Å²) >= 11 is 1.94. The number of thioether (sulfide) groups is 1. The Morgan fingerprint density at radius 1 is 1.40 bits per heavy atom. The molecular weight excluding hydrogens is 206 g/mol. The standard InChI is InChI=1S/C12H17NOS/c13-7-3-8-14-11-5-1-6-12-10(11)4-2-9-15-12/h1,5-6H,2-4,7-9,13H2. The first-order chi connectivity index (χ1) is 7.42. The highest BCUT2D eigenvalue weighted by Crippen LogP contribution is 2.35. The van der Waals surface area contributed by atoms with Crippen molar-refractivity contribution in [2.45, 2.75) is 24.2 Å². The zero-order valence-electron chi connectivity index (χ0n) is 8.87. The lowest BCUT2D eigenvalue weighted by Gasteiger charge is -2.18. The molecule has 3 heteroatoms. The van der Waals surface area contributed by atoms with Crippen LogP contribution in [0.25, 0.3) is 0 Å². The number of hydrogen-bond acceptors (Lipinski definition) is 3. The lowest BCUT2D eigenvalue weighted by atomic mass is 10.1. The van der Waals surface area contributed by atoms with Gasteiger partial charge in [0.1, 0.15) is 5.75 Å². The van der Waals surface area contributed by atoms with Crippen molar-refractivity contribution in [2.24, 2.45) is 5.73 Å². The van der Waals surface area contributed by atoms with Gasteiger partial charge in [0, 0.05) is 10.5 Å². The summed E-state index contributed by atoms with van der Waals surface area (Å²) in [7, 11) is 0. The van der Waals surface area contributed by atoms with E-state index in [0.717, 1.165) is 25.2 Å². The van der Waals surface area contributed by atoms with Crippen LogP contribution in [0.15, 0.2) is 23.1 Å². The molecule has 0 aromatic heterocycles. The van der Waals surface area contributed by atoms with Crippen molar-refractivity contribution < 1.29 is 4.74 Å². The summed E-state index contributed by atoms with van der Waals surface area (Å²) in [5.41, 5.74) is 6.84. The van der Waals surface area contributed by atoms with Crippen LogP contribution in [-0.2, 0) is 6.42 Å². The van der Waals surface area contributed by atoms with E-state index < -0.39 is 0 Å². The minimum absolute atomic E-state index is 0.698. The van der Waals surface area contributed by atoms with E-state index in [2.05, 4.69) is 18.2 Å². The molecule has 0 amide bonds. The Labute approximate surface area is 95.2 Å². The van der Waals surface area contributed by atoms with Gasteiger partial charge in [0.25, 0.3) is 0 Å². The Morgan fingerprint density at radius 2 is 2.33 bits per heavy atom. The Bertz CT molecular complexity index is 327. The second-order valence-electron chi connectivity index (χ2n) is 3.68. The van der Waals surface area contributed by atoms with E-state index in [1.54, 1.807) is 0 Å². The summed E-state index contributed by atoms with van der Waals surface area (Å²) in [6.07, 6.45) is 3.34. The van der Waals surface area contributed by atoms with Gasteiger partial charge in [0.2, 0.25) is 0 Å². The molecule has 2 N–H and O–H groups in total. The Hall–Kier alpha value is -0.670. The van der Waals surface area contributed by atoms with Crippen LogP contribution in [0.3, 0.4) is 0 Å². The van der Waals surface area contributed by atoms with E-state index in [4.69, 9.17) is 10.5 Å². The van der Waals surface area contributed by atoms with Crippen molar-refractivity contribution in [1.29, 1.82) is 0 Å². The van der Waals surface area contributed by atoms with Crippen molar-refractivity contribution >= 4 is 11.8 Å². The maximum Gasteiger partial charge on any atom is 0.123 e. The number of benzene rings is 1. The van der Waals surface area contributed by atoms with Crippen molar-refractivity contribution in [3.05, 3.63) is 23.8 Å². The first kappa shape index (κ1) is 10.8. The van der Waals surface area contributed by atoms with E-state index in [-0.39, 0.29) is 0 Å². The summed E-state index contributed by atoms with van der Waals surface area (Å²) < 4.78 is 5.75. The molecule has 0 bridgehead atoms. The molecule has 0 saturated heterocycles. The summed E-state index contributed by atoms with van der Waals surface area (Å²) in [5, 5.41) is 0. The molecule has 0 saturated carbocycles. The molecule has 0 atom stereocenters. The van der Waals surface area contributed by atoms with E-state index >= 15 is 0 Å². The molecule has 1 aliphatic heterocycles. The SMILES string of the molecule is NCCCOc1cccc2c1CCCS2. The molecule has 1 heterocycles. The van der Waals surface area contributed by atoms with Gasteiger partial charge >= 0.3 is 0 Å². The molecule has 0 fully saturated rings. The fourth-order valence-electron chi connectivity index (χ4n) is 1.76. The third-order valence-electron chi connectivity index (χ3n) is 2.52. The minimum atomic E-state index is 0.698. The lowest BCUT2D eigenvalue weighted by Crippen LogP contribution is -2.08. The average Bonchev–Trinajstić information content (AvgIpc) is 2.30. The van der Waals surface area contributed by atoms with E-state index in [0.29, 0.717) is 6.54 Å². The van der Waals surface area contributed by atoms with Crippen molar-refractivity contribution in [1.82, 2.24) is 0 Å². The fourth-order valence-corrected chi connectivity index (χ4v) is 2.82. The highest BCUT2D eigenvalue weighted by atomic mass is 32.2. The van der Waals surface area contributed by atoms with Crippen LogP contribution < -0.4 is 10.5 Å². The number of nitrogens with two attached hydrogens (primary N) is 1. The molecule has 2 nitrogen and oxygen atoms in total. The second-order valence-corrected chi connectivity index (χ2v) is 4.81. The third kappa shape index (κ3) is 2.67. The maximum atomic E-state index is 5.75. The van der Waals surface area contributed by atoms with Gasteiger partial charge in [-0.25, -0.2) is 0 Å². The Morgan fingerprint density at radius 3 is 3.20 bits per heavy atom. The van der Waals surface area contributed by atoms with Crippen LogP contribution in [0.5, 0.6) is 5.75 Å². The van der Waals surface area contributed by atoms with Gasteiger partial charge in [-0.2, -0.15) is 0 Å². The average molecular weight is 223 g/mol. The molecule has 0 radical (unpaired) electrons. The van der Waals surface area contributed by atoms with Crippen LogP contribution in [0.4, 0.5) is 0 Å². The molecule has 1 aliphatic rings. The van der Waals surface area contributed by atoms with Gasteiger partial charge in [-0.1, -0.05) is 6.07 Å². The smallest absolute Gasteiger partial charge is 0.123 e. The van der Waals surface area contributed by atoms with Gasteiger partial charge in [-0.3, -0.25) is 0 Å². The molecule has 82 valence electrons. The molecule has 1 aromatic carbocycles. The van der Waals surface area contributed by atoms with Crippen LogP contribution in [-0.4, -0.2) is 18.9 Å². The van der Waals surface area contributed by atoms with Crippen molar-refractivity contribution in [3.63, 3.8) is 0 Å². The summed E-state index contributed by atoms with van der Waals surface area (Å²) in [4.78, 5) is 1.39. The second kappa shape index (κ2) is 5.42. The van der Waals surface area contributed by atoms with Gasteiger partial charge < -0.3 is 10.5 Å². The Kier molecular flexibility index (Phi) is 3.92. The molecular formula is C12H17NOS. The molecule has 15 heavy (non-hydrogen) atoms. The van der Waals surface area contributed by atoms with Crippen LogP contribution in [0, 0.1) is 0 Å². The normalized spacial score (nSPS) is 14.7. The van der Waals surface area contributed by atoms with Crippen LogP contribution in [0.1, 0.15) is 18.4 Å². The summed E-state index contributed by atoms with van der Waals surface area (Å²) in [6, 6.07) is 6.34. The topological polar surface area (TPSA) is 35.2 Å². The van der Waals surface area contributed by atoms with Gasteiger partial charge in [-0.15, -0.1) is 11.8 Å². The van der Waals surface area contributed by atoms with Crippen molar-refractivity contribution in [3.8, 4) is 5.75 Å². The number of ether oxygens (including phenoxy) is 1. The number of hydrogen-bond donors (Lipinski definition) is 1. The predicted molar refractivity (Wildman–Crippen MR) is 64.7 cm³/mol. The van der Waals surface area contributed by atoms with E-state index in [1.807, 2.05) is 11.8 Å². The zero-order valence-corrected chi connectivity index (χ0v) is 9.69. The molecule has 1 aromatic rings. The monoisotopic (exact) mass is 223 g/mol. The van der Waals surface area contributed by atoms with Crippen LogP contribution in [0.2, 0.25) is 0 Å². The van der Waals surface area contributed by atoms with E-state index in [9.17, 15) is 0 Å². The first-order valence-electron chi connectivity index (χ1n) is 5.49. The maximum absolute atomic E-state index is 5.75.